The van der Waals surface area contributed by atoms with Crippen LogP contribution in [0.4, 0.5) is 5.69 Å². The van der Waals surface area contributed by atoms with E-state index in [4.69, 9.17) is 0 Å². The SMILES string of the molecule is CC[C@H](C)[NH+]1CCN(S(=O)(=O)c2ccccc2[N+](=O)[O-])CC1. The van der Waals surface area contributed by atoms with Crippen LogP contribution in [0.15, 0.2) is 29.2 Å². The first-order valence-electron chi connectivity index (χ1n) is 7.46. The molecule has 7 nitrogen and oxygen atoms in total. The number of nitro benzene ring substituents is 1. The van der Waals surface area contributed by atoms with Crippen LogP contribution in [0.5, 0.6) is 0 Å². The van der Waals surface area contributed by atoms with Crippen LogP contribution >= 0.6 is 0 Å². The van der Waals surface area contributed by atoms with Crippen LogP contribution < -0.4 is 4.90 Å². The van der Waals surface area contributed by atoms with Crippen molar-refractivity contribution in [3.05, 3.63) is 34.4 Å². The number of nitrogens with one attached hydrogen (secondary N) is 1. The van der Waals surface area contributed by atoms with Gasteiger partial charge in [0.05, 0.1) is 37.1 Å². The summed E-state index contributed by atoms with van der Waals surface area (Å²) in [7, 11) is -3.82. The maximum Gasteiger partial charge on any atom is 0.289 e. The molecule has 1 aliphatic heterocycles. The Morgan fingerprint density at radius 1 is 1.32 bits per heavy atom. The predicted octanol–water partition coefficient (Wildman–Crippen LogP) is 0.283. The summed E-state index contributed by atoms with van der Waals surface area (Å²) in [6.07, 6.45) is 1.05. The molecule has 0 aromatic heterocycles. The first-order chi connectivity index (χ1) is 10.4. The highest BCUT2D eigenvalue weighted by Gasteiger charge is 2.35. The maximum atomic E-state index is 12.7. The molecular weight excluding hydrogens is 306 g/mol. The van der Waals surface area contributed by atoms with Crippen molar-refractivity contribution in [2.45, 2.75) is 31.2 Å². The third kappa shape index (κ3) is 3.29. The van der Waals surface area contributed by atoms with E-state index in [2.05, 4.69) is 13.8 Å². The number of quaternary nitrogens is 1. The topological polar surface area (TPSA) is 85.0 Å². The van der Waals surface area contributed by atoms with Crippen molar-refractivity contribution >= 4 is 15.7 Å². The Balaban J connectivity index is 2.21. The molecule has 1 aliphatic rings. The third-order valence-corrected chi connectivity index (χ3v) is 6.30. The smallest absolute Gasteiger partial charge is 0.289 e. The summed E-state index contributed by atoms with van der Waals surface area (Å²) in [5.41, 5.74) is -0.362. The molecule has 1 aromatic rings. The van der Waals surface area contributed by atoms with E-state index in [9.17, 15) is 18.5 Å². The predicted molar refractivity (Wildman–Crippen MR) is 82.3 cm³/mol. The summed E-state index contributed by atoms with van der Waals surface area (Å²) in [5.74, 6) is 0. The summed E-state index contributed by atoms with van der Waals surface area (Å²) in [6.45, 7) is 6.53. The van der Waals surface area contributed by atoms with Crippen LogP contribution in [0.25, 0.3) is 0 Å². The number of sulfonamides is 1. The van der Waals surface area contributed by atoms with E-state index in [1.54, 1.807) is 0 Å². The van der Waals surface area contributed by atoms with Crippen LogP contribution in [-0.4, -0.2) is 49.9 Å². The average molecular weight is 328 g/mol. The number of hydrogen-bond donors (Lipinski definition) is 1. The molecule has 1 heterocycles. The highest BCUT2D eigenvalue weighted by molar-refractivity contribution is 7.89. The maximum absolute atomic E-state index is 12.7. The van der Waals surface area contributed by atoms with Crippen molar-refractivity contribution in [3.8, 4) is 0 Å². The molecule has 0 unspecified atom stereocenters. The third-order valence-electron chi connectivity index (χ3n) is 4.35. The Bertz CT molecular complexity index is 639. The summed E-state index contributed by atoms with van der Waals surface area (Å²) >= 11 is 0. The van der Waals surface area contributed by atoms with Gasteiger partial charge in [-0.1, -0.05) is 19.1 Å². The Morgan fingerprint density at radius 3 is 2.45 bits per heavy atom. The fourth-order valence-electron chi connectivity index (χ4n) is 2.76. The molecule has 1 N–H and O–H groups in total. The summed E-state index contributed by atoms with van der Waals surface area (Å²) in [5, 5.41) is 11.0. The molecule has 0 radical (unpaired) electrons. The molecule has 0 aliphatic carbocycles. The lowest BCUT2D eigenvalue weighted by Gasteiger charge is -2.34. The van der Waals surface area contributed by atoms with Crippen LogP contribution in [-0.2, 0) is 10.0 Å². The van der Waals surface area contributed by atoms with Crippen LogP contribution in [0.1, 0.15) is 20.3 Å². The van der Waals surface area contributed by atoms with Gasteiger partial charge in [-0.15, -0.1) is 0 Å². The second-order valence-electron chi connectivity index (χ2n) is 5.60. The molecule has 1 saturated heterocycles. The minimum Gasteiger partial charge on any atom is -0.331 e. The Hall–Kier alpha value is -1.51. The molecule has 2 rings (SSSR count). The van der Waals surface area contributed by atoms with Crippen molar-refractivity contribution in [1.82, 2.24) is 4.31 Å². The zero-order chi connectivity index (χ0) is 16.3. The fourth-order valence-corrected chi connectivity index (χ4v) is 4.36. The molecule has 122 valence electrons. The van der Waals surface area contributed by atoms with Gasteiger partial charge >= 0.3 is 0 Å². The molecule has 22 heavy (non-hydrogen) atoms. The molecule has 8 heteroatoms. The summed E-state index contributed by atoms with van der Waals surface area (Å²) in [6, 6.07) is 6.02. The minimum atomic E-state index is -3.82. The quantitative estimate of drug-likeness (QED) is 0.621. The number of piperazine rings is 1. The molecule has 0 bridgehead atoms. The fraction of sp³-hybridized carbons (Fsp3) is 0.571. The number of hydrogen-bond acceptors (Lipinski definition) is 4. The van der Waals surface area contributed by atoms with E-state index < -0.39 is 14.9 Å². The van der Waals surface area contributed by atoms with Crippen molar-refractivity contribution < 1.29 is 18.2 Å². The van der Waals surface area contributed by atoms with Crippen LogP contribution in [0.3, 0.4) is 0 Å². The zero-order valence-corrected chi connectivity index (χ0v) is 13.7. The number of nitrogens with zero attached hydrogens (tertiary/aromatic N) is 2. The molecule has 1 fully saturated rings. The summed E-state index contributed by atoms with van der Waals surface area (Å²) in [4.78, 5) is 11.6. The van der Waals surface area contributed by atoms with Crippen LogP contribution in [0, 0.1) is 10.1 Å². The van der Waals surface area contributed by atoms with Gasteiger partial charge in [0.25, 0.3) is 5.69 Å². The van der Waals surface area contributed by atoms with Gasteiger partial charge in [0.15, 0.2) is 4.90 Å². The van der Waals surface area contributed by atoms with Crippen molar-refractivity contribution in [2.24, 2.45) is 0 Å². The lowest BCUT2D eigenvalue weighted by molar-refractivity contribution is -0.927. The van der Waals surface area contributed by atoms with Gasteiger partial charge in [-0.3, -0.25) is 10.1 Å². The minimum absolute atomic E-state index is 0.216. The first-order valence-corrected chi connectivity index (χ1v) is 8.90. The van der Waals surface area contributed by atoms with Gasteiger partial charge in [0.1, 0.15) is 0 Å². The molecule has 1 atom stereocenters. The van der Waals surface area contributed by atoms with Gasteiger partial charge in [-0.2, -0.15) is 4.31 Å². The van der Waals surface area contributed by atoms with E-state index >= 15 is 0 Å². The number of rotatable bonds is 5. The number of nitro groups is 1. The lowest BCUT2D eigenvalue weighted by Crippen LogP contribution is -3.17. The monoisotopic (exact) mass is 328 g/mol. The molecular formula is C14H22N3O4S+. The van der Waals surface area contributed by atoms with E-state index in [0.717, 1.165) is 19.5 Å². The van der Waals surface area contributed by atoms with Gasteiger partial charge in [-0.25, -0.2) is 8.42 Å². The van der Waals surface area contributed by atoms with E-state index in [-0.39, 0.29) is 10.6 Å². The average Bonchev–Trinajstić information content (AvgIpc) is 2.54. The highest BCUT2D eigenvalue weighted by atomic mass is 32.2. The van der Waals surface area contributed by atoms with Gasteiger partial charge < -0.3 is 4.90 Å². The molecule has 1 aromatic carbocycles. The number of para-hydroxylation sites is 1. The zero-order valence-electron chi connectivity index (χ0n) is 12.9. The van der Waals surface area contributed by atoms with Crippen molar-refractivity contribution in [3.63, 3.8) is 0 Å². The molecule has 0 saturated carbocycles. The van der Waals surface area contributed by atoms with E-state index in [0.29, 0.717) is 19.1 Å². The Morgan fingerprint density at radius 2 is 1.91 bits per heavy atom. The second kappa shape index (κ2) is 6.72. The molecule has 0 spiro atoms. The normalized spacial score (nSPS) is 19.0. The second-order valence-corrected chi connectivity index (χ2v) is 7.50. The Labute approximate surface area is 130 Å². The van der Waals surface area contributed by atoms with Crippen molar-refractivity contribution in [1.29, 1.82) is 0 Å². The largest absolute Gasteiger partial charge is 0.331 e. The van der Waals surface area contributed by atoms with Crippen LogP contribution in [0.2, 0.25) is 0 Å². The van der Waals surface area contributed by atoms with Crippen molar-refractivity contribution in [2.75, 3.05) is 26.2 Å². The van der Waals surface area contributed by atoms with E-state index in [1.807, 2.05) is 0 Å². The first kappa shape index (κ1) is 16.9. The van der Waals surface area contributed by atoms with Gasteiger partial charge in [0, 0.05) is 6.07 Å². The highest BCUT2D eigenvalue weighted by Crippen LogP contribution is 2.26. The van der Waals surface area contributed by atoms with Gasteiger partial charge in [-0.05, 0) is 19.4 Å². The van der Waals surface area contributed by atoms with Gasteiger partial charge in [0.2, 0.25) is 10.0 Å². The molecule has 0 amide bonds. The lowest BCUT2D eigenvalue weighted by atomic mass is 10.2. The standard InChI is InChI=1S/C14H21N3O4S/c1-3-12(2)15-8-10-16(11-9-15)22(20,21)14-7-5-4-6-13(14)17(18)19/h4-7,12H,3,8-11H2,1-2H3/p+1/t12-/m0/s1. The summed E-state index contributed by atoms with van der Waals surface area (Å²) < 4.78 is 26.7. The van der Waals surface area contributed by atoms with E-state index in [1.165, 1.54) is 33.5 Å². The Kier molecular flexibility index (Phi) is 5.15. The number of benzene rings is 1.